The average molecular weight is 412 g/mol. The van der Waals surface area contributed by atoms with Crippen LogP contribution in [0.5, 0.6) is 5.75 Å². The maximum absolute atomic E-state index is 12.0. The Morgan fingerprint density at radius 1 is 1.46 bits per heavy atom. The van der Waals surface area contributed by atoms with Crippen molar-refractivity contribution < 1.29 is 9.53 Å². The number of benzene rings is 1. The zero-order valence-corrected chi connectivity index (χ0v) is 17.1. The molecule has 2 N–H and O–H groups in total. The fraction of sp³-hybridized carbons (Fsp3) is 0.200. The lowest BCUT2D eigenvalue weighted by atomic mass is 9.80. The van der Waals surface area contributed by atoms with E-state index in [1.54, 1.807) is 6.33 Å². The van der Waals surface area contributed by atoms with Crippen LogP contribution in [0.4, 0.5) is 0 Å². The summed E-state index contributed by atoms with van der Waals surface area (Å²) in [5, 5.41) is 1.46. The molecule has 0 bridgehead atoms. The van der Waals surface area contributed by atoms with Gasteiger partial charge in [-0.2, -0.15) is 0 Å². The molecule has 28 heavy (non-hydrogen) atoms. The molecule has 0 fully saturated rings. The molecule has 1 aliphatic rings. The molecule has 1 unspecified atom stereocenters. The van der Waals surface area contributed by atoms with Crippen molar-refractivity contribution in [2.24, 2.45) is 5.73 Å². The first kappa shape index (κ1) is 18.8. The topological polar surface area (TPSA) is 70.1 Å². The monoisotopic (exact) mass is 411 g/mol. The molecular formula is C20H19BClN3O2S. The van der Waals surface area contributed by atoms with E-state index in [2.05, 4.69) is 25.0 Å². The van der Waals surface area contributed by atoms with Crippen molar-refractivity contribution >= 4 is 42.8 Å². The van der Waals surface area contributed by atoms with Crippen molar-refractivity contribution in [2.45, 2.75) is 25.3 Å². The minimum absolute atomic E-state index is 0.327. The number of aromatic nitrogens is 2. The van der Waals surface area contributed by atoms with E-state index in [-0.39, 0.29) is 6.10 Å². The Hall–Kier alpha value is -2.51. The summed E-state index contributed by atoms with van der Waals surface area (Å²) in [7, 11) is 2.16. The van der Waals surface area contributed by atoms with Gasteiger partial charge in [0.25, 0.3) is 5.91 Å². The number of ether oxygens (including phenoxy) is 1. The van der Waals surface area contributed by atoms with Crippen LogP contribution in [0, 0.1) is 0 Å². The minimum atomic E-state index is -0.518. The van der Waals surface area contributed by atoms with Gasteiger partial charge < -0.3 is 10.5 Å². The van der Waals surface area contributed by atoms with Gasteiger partial charge in [0.2, 0.25) is 0 Å². The van der Waals surface area contributed by atoms with Gasteiger partial charge in [0.1, 0.15) is 35.9 Å². The van der Waals surface area contributed by atoms with E-state index < -0.39 is 5.91 Å². The molecule has 4 rings (SSSR count). The first-order valence-corrected chi connectivity index (χ1v) is 10.2. The third-order valence-electron chi connectivity index (χ3n) is 4.78. The van der Waals surface area contributed by atoms with Gasteiger partial charge in [-0.05, 0) is 31.3 Å². The van der Waals surface area contributed by atoms with E-state index in [0.29, 0.717) is 21.5 Å². The highest BCUT2D eigenvalue weighted by atomic mass is 35.5. The fourth-order valence-electron chi connectivity index (χ4n) is 3.33. The summed E-state index contributed by atoms with van der Waals surface area (Å²) < 4.78 is 8.06. The normalized spacial score (nSPS) is 16.6. The number of amides is 1. The van der Waals surface area contributed by atoms with Crippen LogP contribution in [0.2, 0.25) is 10.8 Å². The highest BCUT2D eigenvalue weighted by Crippen LogP contribution is 2.37. The summed E-state index contributed by atoms with van der Waals surface area (Å²) in [6.07, 6.45) is 6.60. The van der Waals surface area contributed by atoms with Crippen LogP contribution in [-0.2, 0) is 6.42 Å². The second-order valence-corrected chi connectivity index (χ2v) is 8.35. The number of fused-ring (bicyclic) bond motifs is 1. The summed E-state index contributed by atoms with van der Waals surface area (Å²) in [4.78, 5) is 16.9. The second-order valence-electron chi connectivity index (χ2n) is 6.91. The molecule has 0 saturated heterocycles. The van der Waals surface area contributed by atoms with Crippen LogP contribution in [0.1, 0.15) is 39.7 Å². The van der Waals surface area contributed by atoms with Crippen molar-refractivity contribution in [3.8, 4) is 10.8 Å². The number of halogens is 1. The van der Waals surface area contributed by atoms with Gasteiger partial charge in [-0.1, -0.05) is 35.9 Å². The third kappa shape index (κ3) is 3.47. The largest absolute Gasteiger partial charge is 0.484 e. The molecule has 2 heterocycles. The molecule has 0 spiro atoms. The molecule has 8 heteroatoms. The van der Waals surface area contributed by atoms with Crippen molar-refractivity contribution in [1.82, 2.24) is 9.55 Å². The number of hydrogen-bond acceptors (Lipinski definition) is 4. The average Bonchev–Trinajstić information content (AvgIpc) is 3.25. The van der Waals surface area contributed by atoms with Crippen molar-refractivity contribution in [3.63, 3.8) is 0 Å². The Kier molecular flexibility index (Phi) is 5.04. The number of carbonyl (C=O) groups is 1. The van der Waals surface area contributed by atoms with E-state index in [1.807, 2.05) is 41.8 Å². The number of carbonyl (C=O) groups excluding carboxylic acids is 1. The lowest BCUT2D eigenvalue weighted by Crippen LogP contribution is -2.12. The zero-order valence-electron chi connectivity index (χ0n) is 15.6. The maximum atomic E-state index is 12.0. The molecule has 3 aromatic rings. The summed E-state index contributed by atoms with van der Waals surface area (Å²) >= 11 is 7.57. The highest BCUT2D eigenvalue weighted by Gasteiger charge is 2.22. The molecule has 5 nitrogen and oxygen atoms in total. The Morgan fingerprint density at radius 3 is 3.00 bits per heavy atom. The molecule has 1 amide bonds. The van der Waals surface area contributed by atoms with Crippen LogP contribution >= 0.6 is 22.9 Å². The summed E-state index contributed by atoms with van der Waals surface area (Å²) in [6, 6.07) is 9.33. The zero-order chi connectivity index (χ0) is 19.8. The number of nitrogens with two attached hydrogens (primary N) is 1. The molecule has 1 aromatic carbocycles. The van der Waals surface area contributed by atoms with Crippen LogP contribution in [0.25, 0.3) is 11.1 Å². The summed E-state index contributed by atoms with van der Waals surface area (Å²) in [6.45, 7) is 1.90. The smallest absolute Gasteiger partial charge is 0.262 e. The number of imidazole rings is 1. The quantitative estimate of drug-likeness (QED) is 0.649. The van der Waals surface area contributed by atoms with Crippen molar-refractivity contribution in [2.75, 3.05) is 0 Å². The molecule has 2 atom stereocenters. The molecule has 1 aliphatic carbocycles. The standard InChI is InChI=1S/C20H19BClN3O2S/c1-11(13-4-2-3-5-14(13)22)27-17-9-18(28-19(17)20(23)26)25-10-24-15-8-12(21)6-7-16(15)25/h2-7,9-12H,8,21H2,1H3,(H2,23,26)/t11-,12?/m1/s1. The van der Waals surface area contributed by atoms with E-state index in [9.17, 15) is 4.79 Å². The number of thiophene rings is 1. The van der Waals surface area contributed by atoms with Gasteiger partial charge in [0.15, 0.2) is 0 Å². The predicted octanol–water partition coefficient (Wildman–Crippen LogP) is 3.82. The summed E-state index contributed by atoms with van der Waals surface area (Å²) in [5.74, 6) is 0.405. The van der Waals surface area contributed by atoms with E-state index in [4.69, 9.17) is 22.1 Å². The number of rotatable bonds is 5. The Morgan fingerprint density at radius 2 is 2.25 bits per heavy atom. The Balaban J connectivity index is 1.69. The SMILES string of the molecule is BC1C=Cc2c(ncn2-c2cc(O[C@H](C)c3ccccc3Cl)c(C(N)=O)s2)C1. The first-order valence-electron chi connectivity index (χ1n) is 9.03. The van der Waals surface area contributed by atoms with Crippen molar-refractivity contribution in [1.29, 1.82) is 0 Å². The number of nitrogens with zero attached hydrogens (tertiary/aromatic N) is 2. The molecule has 0 aliphatic heterocycles. The number of allylic oxidation sites excluding steroid dienone is 1. The maximum Gasteiger partial charge on any atom is 0.262 e. The van der Waals surface area contributed by atoms with Gasteiger partial charge in [0.05, 0.1) is 11.4 Å². The van der Waals surface area contributed by atoms with Gasteiger partial charge in [-0.15, -0.1) is 11.3 Å². The van der Waals surface area contributed by atoms with Gasteiger partial charge in [-0.3, -0.25) is 9.36 Å². The molecule has 142 valence electrons. The highest BCUT2D eigenvalue weighted by molar-refractivity contribution is 7.16. The second kappa shape index (κ2) is 7.49. The molecule has 0 saturated carbocycles. The Labute approximate surface area is 173 Å². The minimum Gasteiger partial charge on any atom is -0.484 e. The van der Waals surface area contributed by atoms with E-state index >= 15 is 0 Å². The predicted molar refractivity (Wildman–Crippen MR) is 115 cm³/mol. The molecule has 0 radical (unpaired) electrons. The number of primary amides is 1. The van der Waals surface area contributed by atoms with Crippen molar-refractivity contribution in [3.05, 3.63) is 69.6 Å². The van der Waals surface area contributed by atoms with Gasteiger partial charge >= 0.3 is 0 Å². The van der Waals surface area contributed by atoms with Crippen LogP contribution < -0.4 is 10.5 Å². The van der Waals surface area contributed by atoms with E-state index in [1.165, 1.54) is 11.3 Å². The fourth-order valence-corrected chi connectivity index (χ4v) is 4.55. The molecule has 2 aromatic heterocycles. The van der Waals surface area contributed by atoms with Gasteiger partial charge in [-0.25, -0.2) is 4.98 Å². The Bertz CT molecular complexity index is 1080. The lowest BCUT2D eigenvalue weighted by Gasteiger charge is -2.16. The number of hydrogen-bond donors (Lipinski definition) is 1. The first-order chi connectivity index (χ1) is 13.4. The summed E-state index contributed by atoms with van der Waals surface area (Å²) in [5.41, 5.74) is 8.54. The third-order valence-corrected chi connectivity index (χ3v) is 6.25. The van der Waals surface area contributed by atoms with E-state index in [0.717, 1.165) is 28.4 Å². The molecular weight excluding hydrogens is 393 g/mol. The van der Waals surface area contributed by atoms with Crippen LogP contribution in [-0.4, -0.2) is 23.3 Å². The van der Waals surface area contributed by atoms with Crippen LogP contribution in [0.3, 0.4) is 0 Å². The van der Waals surface area contributed by atoms with Gasteiger partial charge in [0, 0.05) is 16.7 Å². The lowest BCUT2D eigenvalue weighted by molar-refractivity contribution is 0.0998. The van der Waals surface area contributed by atoms with Crippen LogP contribution in [0.15, 0.2) is 42.7 Å².